The summed E-state index contributed by atoms with van der Waals surface area (Å²) in [5.74, 6) is 1.64. The van der Waals surface area contributed by atoms with Gasteiger partial charge in [-0.2, -0.15) is 11.8 Å². The largest absolute Gasteiger partial charge is 0.493 e. The predicted octanol–water partition coefficient (Wildman–Crippen LogP) is 1.50. The van der Waals surface area contributed by atoms with Crippen molar-refractivity contribution in [2.45, 2.75) is 12.1 Å². The number of aliphatic hydroxyl groups is 1. The summed E-state index contributed by atoms with van der Waals surface area (Å²) in [6.07, 6.45) is 1.11. The molecule has 2 aliphatic heterocycles. The maximum Gasteiger partial charge on any atom is 0.266 e. The second-order valence-electron chi connectivity index (χ2n) is 6.13. The molecule has 2 aliphatic rings. The molecule has 3 rings (SSSR count). The fraction of sp³-hybridized carbons (Fsp3) is 0.389. The van der Waals surface area contributed by atoms with E-state index in [0.29, 0.717) is 37.8 Å². The number of para-hydroxylation sites is 1. The summed E-state index contributed by atoms with van der Waals surface area (Å²) in [7, 11) is 3.07. The summed E-state index contributed by atoms with van der Waals surface area (Å²) in [4.78, 5) is 26.7. The zero-order chi connectivity index (χ0) is 20.3. The van der Waals surface area contributed by atoms with Crippen LogP contribution in [0.5, 0.6) is 11.5 Å². The van der Waals surface area contributed by atoms with E-state index in [1.165, 1.54) is 12.0 Å². The Morgan fingerprint density at radius 3 is 2.82 bits per heavy atom. The molecule has 0 spiro atoms. The highest BCUT2D eigenvalue weighted by Crippen LogP contribution is 2.37. The summed E-state index contributed by atoms with van der Waals surface area (Å²) in [5.41, 5.74) is 0.679. The first-order valence-electron chi connectivity index (χ1n) is 8.46. The molecule has 2 atom stereocenters. The highest BCUT2D eigenvalue weighted by Gasteiger charge is 2.35. The van der Waals surface area contributed by atoms with Gasteiger partial charge in [-0.25, -0.2) is 0 Å². The van der Waals surface area contributed by atoms with E-state index in [1.54, 1.807) is 43.1 Å². The molecule has 2 heterocycles. The summed E-state index contributed by atoms with van der Waals surface area (Å²) in [5, 5.41) is 12.6. The van der Waals surface area contributed by atoms with Crippen LogP contribution in [0.2, 0.25) is 0 Å². The van der Waals surface area contributed by atoms with Gasteiger partial charge >= 0.3 is 0 Å². The quantitative estimate of drug-likeness (QED) is 0.508. The van der Waals surface area contributed by atoms with Crippen molar-refractivity contribution in [3.05, 3.63) is 28.7 Å². The number of thiocarbonyl (C=S) groups is 1. The van der Waals surface area contributed by atoms with Crippen LogP contribution >= 0.6 is 35.7 Å². The topological polar surface area (TPSA) is 88.1 Å². The lowest BCUT2D eigenvalue weighted by atomic mass is 10.1. The number of hydrogen-bond donors (Lipinski definition) is 2. The van der Waals surface area contributed by atoms with E-state index in [4.69, 9.17) is 21.7 Å². The number of aliphatic hydroxyl groups excluding tert-OH is 1. The van der Waals surface area contributed by atoms with Gasteiger partial charge in [0, 0.05) is 17.1 Å². The molecule has 2 amide bonds. The van der Waals surface area contributed by atoms with Gasteiger partial charge in [0.1, 0.15) is 10.9 Å². The van der Waals surface area contributed by atoms with Crippen molar-refractivity contribution in [2.24, 2.45) is 0 Å². The number of methoxy groups -OCH3 is 2. The van der Waals surface area contributed by atoms with E-state index >= 15 is 0 Å². The van der Waals surface area contributed by atoms with E-state index in [0.717, 1.165) is 11.8 Å². The number of nitrogens with zero attached hydrogens (tertiary/aromatic N) is 1. The first-order valence-corrected chi connectivity index (χ1v) is 10.8. The third kappa shape index (κ3) is 4.45. The maximum absolute atomic E-state index is 12.8. The van der Waals surface area contributed by atoms with Crippen LogP contribution in [0.25, 0.3) is 6.08 Å². The average molecular weight is 441 g/mol. The molecule has 0 bridgehead atoms. The van der Waals surface area contributed by atoms with Gasteiger partial charge in [-0.1, -0.05) is 36.1 Å². The summed E-state index contributed by atoms with van der Waals surface area (Å²) in [6.45, 7) is -0.175. The van der Waals surface area contributed by atoms with Crippen molar-refractivity contribution in [3.63, 3.8) is 0 Å². The van der Waals surface area contributed by atoms with Crippen LogP contribution in [0.15, 0.2) is 23.1 Å². The van der Waals surface area contributed by atoms with Crippen LogP contribution in [0.4, 0.5) is 0 Å². The van der Waals surface area contributed by atoms with Crippen molar-refractivity contribution in [1.82, 2.24) is 10.2 Å². The van der Waals surface area contributed by atoms with Crippen molar-refractivity contribution in [2.75, 3.05) is 32.3 Å². The lowest BCUT2D eigenvalue weighted by Gasteiger charge is -2.18. The van der Waals surface area contributed by atoms with Gasteiger partial charge in [-0.3, -0.25) is 14.5 Å². The molecule has 0 aliphatic carbocycles. The minimum Gasteiger partial charge on any atom is -0.493 e. The van der Waals surface area contributed by atoms with Crippen molar-refractivity contribution >= 4 is 58.0 Å². The number of carbonyl (C=O) groups excluding carboxylic acids is 2. The Morgan fingerprint density at radius 2 is 2.18 bits per heavy atom. The van der Waals surface area contributed by atoms with E-state index in [2.05, 4.69) is 5.32 Å². The monoisotopic (exact) mass is 440 g/mol. The van der Waals surface area contributed by atoms with Gasteiger partial charge in [0.2, 0.25) is 5.91 Å². The number of hydrogen-bond acceptors (Lipinski definition) is 8. The molecule has 0 radical (unpaired) electrons. The molecule has 1 aromatic rings. The van der Waals surface area contributed by atoms with Crippen LogP contribution in [-0.2, 0) is 9.59 Å². The second kappa shape index (κ2) is 9.17. The Labute approximate surface area is 176 Å². The lowest BCUT2D eigenvalue weighted by molar-refractivity contribution is -0.129. The van der Waals surface area contributed by atoms with Gasteiger partial charge < -0.3 is 19.9 Å². The van der Waals surface area contributed by atoms with Gasteiger partial charge in [0.15, 0.2) is 11.5 Å². The third-order valence-corrected chi connectivity index (χ3v) is 6.84. The highest BCUT2D eigenvalue weighted by atomic mass is 32.2. The molecule has 0 saturated carbocycles. The zero-order valence-electron chi connectivity index (χ0n) is 15.3. The SMILES string of the molecule is COc1cccc(/C=C2/SC(=S)N(CC(=O)N[C@@H]3CSC[C@@H]3O)C2=O)c1OC. The Kier molecular flexibility index (Phi) is 6.86. The molecule has 10 heteroatoms. The normalized spacial score (nSPS) is 23.4. The van der Waals surface area contributed by atoms with Crippen molar-refractivity contribution in [1.29, 1.82) is 0 Å². The van der Waals surface area contributed by atoms with Crippen LogP contribution in [0.1, 0.15) is 5.56 Å². The minimum atomic E-state index is -0.569. The first-order chi connectivity index (χ1) is 13.4. The average Bonchev–Trinajstić information content (AvgIpc) is 3.19. The molecule has 0 unspecified atom stereocenters. The van der Waals surface area contributed by atoms with Crippen molar-refractivity contribution < 1.29 is 24.2 Å². The summed E-state index contributed by atoms with van der Waals surface area (Å²) < 4.78 is 11.0. The molecule has 1 aromatic carbocycles. The Morgan fingerprint density at radius 1 is 1.39 bits per heavy atom. The molecule has 28 heavy (non-hydrogen) atoms. The van der Waals surface area contributed by atoms with Crippen LogP contribution < -0.4 is 14.8 Å². The molecular weight excluding hydrogens is 420 g/mol. The number of ether oxygens (including phenoxy) is 2. The zero-order valence-corrected chi connectivity index (χ0v) is 17.8. The maximum atomic E-state index is 12.8. The van der Waals surface area contributed by atoms with Crippen LogP contribution in [0, 0.1) is 0 Å². The number of amides is 2. The standard InChI is InChI=1S/C18H20N2O5S3/c1-24-13-5-3-4-10(16(13)25-2)6-14-17(23)20(18(26)28-14)7-15(22)19-11-8-27-9-12(11)21/h3-6,11-12,21H,7-9H2,1-2H3,(H,19,22)/b14-6+/t11-,12+/m1/s1. The van der Waals surface area contributed by atoms with E-state index in [9.17, 15) is 14.7 Å². The minimum absolute atomic E-state index is 0.175. The molecule has 2 N–H and O–H groups in total. The van der Waals surface area contributed by atoms with Crippen LogP contribution in [-0.4, -0.2) is 70.6 Å². The van der Waals surface area contributed by atoms with Gasteiger partial charge in [-0.05, 0) is 12.1 Å². The Hall–Kier alpha value is -1.75. The summed E-state index contributed by atoms with van der Waals surface area (Å²) >= 11 is 7.99. The van der Waals surface area contributed by atoms with Crippen LogP contribution in [0.3, 0.4) is 0 Å². The lowest BCUT2D eigenvalue weighted by Crippen LogP contribution is -2.47. The van der Waals surface area contributed by atoms with Crippen molar-refractivity contribution in [3.8, 4) is 11.5 Å². The molecule has 150 valence electrons. The van der Waals surface area contributed by atoms with E-state index in [-0.39, 0.29) is 24.4 Å². The van der Waals surface area contributed by atoms with Gasteiger partial charge in [0.25, 0.3) is 5.91 Å². The van der Waals surface area contributed by atoms with Gasteiger partial charge in [0.05, 0.1) is 31.3 Å². The van der Waals surface area contributed by atoms with E-state index in [1.807, 2.05) is 0 Å². The molecular formula is C18H20N2O5S3. The second-order valence-corrected chi connectivity index (χ2v) is 8.88. The fourth-order valence-corrected chi connectivity index (χ4v) is 5.30. The highest BCUT2D eigenvalue weighted by molar-refractivity contribution is 8.26. The fourth-order valence-electron chi connectivity index (χ4n) is 2.88. The molecule has 7 nitrogen and oxygen atoms in total. The van der Waals surface area contributed by atoms with Gasteiger partial charge in [-0.15, -0.1) is 0 Å². The van der Waals surface area contributed by atoms with E-state index < -0.39 is 6.10 Å². The number of carbonyl (C=O) groups is 2. The third-order valence-electron chi connectivity index (χ3n) is 4.29. The number of nitrogens with one attached hydrogen (secondary N) is 1. The number of benzene rings is 1. The predicted molar refractivity (Wildman–Crippen MR) is 115 cm³/mol. The smallest absolute Gasteiger partial charge is 0.266 e. The molecule has 2 fully saturated rings. The first kappa shape index (κ1) is 21.0. The number of thioether (sulfide) groups is 2. The molecule has 2 saturated heterocycles. The number of rotatable bonds is 6. The Bertz CT molecular complexity index is 829. The summed E-state index contributed by atoms with van der Waals surface area (Å²) in [6, 6.07) is 5.07. The molecule has 0 aromatic heterocycles. The Balaban J connectivity index is 1.73.